The quantitative estimate of drug-likeness (QED) is 0.835. The van der Waals surface area contributed by atoms with Crippen LogP contribution in [0.15, 0.2) is 10.9 Å². The molecule has 0 amide bonds. The standard InChI is InChI=1S/C12H18N2O3/c1-9-7-12(16)11(8-15)13-14(9)5-4-10-3-2-6-17-10/h7,10,15H,2-6,8H2,1H3. The first kappa shape index (κ1) is 12.3. The Balaban J connectivity index is 2.06. The molecule has 1 N–H and O–H groups in total. The average molecular weight is 238 g/mol. The molecule has 1 aliphatic heterocycles. The number of hydrogen-bond donors (Lipinski definition) is 1. The minimum Gasteiger partial charge on any atom is -0.390 e. The van der Waals surface area contributed by atoms with E-state index in [0.717, 1.165) is 38.1 Å². The lowest BCUT2D eigenvalue weighted by Crippen LogP contribution is -2.21. The van der Waals surface area contributed by atoms with E-state index in [4.69, 9.17) is 9.84 Å². The summed E-state index contributed by atoms with van der Waals surface area (Å²) < 4.78 is 7.32. The monoisotopic (exact) mass is 238 g/mol. The van der Waals surface area contributed by atoms with Crippen molar-refractivity contribution in [2.75, 3.05) is 6.61 Å². The minimum atomic E-state index is -0.307. The van der Waals surface area contributed by atoms with Crippen LogP contribution in [0.5, 0.6) is 0 Å². The van der Waals surface area contributed by atoms with Gasteiger partial charge in [-0.05, 0) is 26.2 Å². The van der Waals surface area contributed by atoms with E-state index in [2.05, 4.69) is 5.10 Å². The summed E-state index contributed by atoms with van der Waals surface area (Å²) in [6.07, 6.45) is 3.45. The van der Waals surface area contributed by atoms with Crippen LogP contribution in [-0.2, 0) is 17.9 Å². The van der Waals surface area contributed by atoms with Crippen molar-refractivity contribution in [3.63, 3.8) is 0 Å². The topological polar surface area (TPSA) is 64.3 Å². The van der Waals surface area contributed by atoms with Gasteiger partial charge in [0, 0.05) is 24.9 Å². The molecule has 0 aromatic carbocycles. The van der Waals surface area contributed by atoms with Crippen molar-refractivity contribution in [2.24, 2.45) is 0 Å². The maximum absolute atomic E-state index is 11.4. The third kappa shape index (κ3) is 2.92. The lowest BCUT2D eigenvalue weighted by Gasteiger charge is -2.13. The summed E-state index contributed by atoms with van der Waals surface area (Å²) in [7, 11) is 0. The van der Waals surface area contributed by atoms with Gasteiger partial charge in [0.1, 0.15) is 5.69 Å². The molecule has 1 aromatic rings. The normalized spacial score (nSPS) is 19.8. The zero-order valence-electron chi connectivity index (χ0n) is 10.1. The molecule has 1 atom stereocenters. The zero-order valence-corrected chi connectivity index (χ0v) is 10.1. The number of aryl methyl sites for hydroxylation is 2. The molecule has 0 spiro atoms. The third-order valence-electron chi connectivity index (χ3n) is 3.11. The highest BCUT2D eigenvalue weighted by Crippen LogP contribution is 2.16. The number of rotatable bonds is 4. The Morgan fingerprint density at radius 2 is 2.47 bits per heavy atom. The second-order valence-corrected chi connectivity index (χ2v) is 4.40. The summed E-state index contributed by atoms with van der Waals surface area (Å²) in [6.45, 7) is 3.12. The third-order valence-corrected chi connectivity index (χ3v) is 3.11. The first-order valence-corrected chi connectivity index (χ1v) is 6.01. The zero-order chi connectivity index (χ0) is 12.3. The summed E-state index contributed by atoms with van der Waals surface area (Å²) in [5, 5.41) is 13.2. The molecule has 2 heterocycles. The molecule has 0 aliphatic carbocycles. The number of aromatic nitrogens is 2. The van der Waals surface area contributed by atoms with Crippen LogP contribution in [0.1, 0.15) is 30.7 Å². The molecule has 17 heavy (non-hydrogen) atoms. The van der Waals surface area contributed by atoms with E-state index in [0.29, 0.717) is 6.10 Å². The first-order chi connectivity index (χ1) is 8.20. The molecule has 1 saturated heterocycles. The molecular formula is C12H18N2O3. The minimum absolute atomic E-state index is 0.196. The van der Waals surface area contributed by atoms with Gasteiger partial charge in [0.05, 0.1) is 12.7 Å². The second-order valence-electron chi connectivity index (χ2n) is 4.40. The molecule has 0 saturated carbocycles. The number of ether oxygens (including phenoxy) is 1. The largest absolute Gasteiger partial charge is 0.390 e. The van der Waals surface area contributed by atoms with Crippen molar-refractivity contribution in [1.82, 2.24) is 9.78 Å². The Kier molecular flexibility index (Phi) is 3.91. The van der Waals surface area contributed by atoms with Gasteiger partial charge in [0.15, 0.2) is 0 Å². The Bertz CT molecular complexity index is 436. The SMILES string of the molecule is Cc1cc(=O)c(CO)nn1CCC1CCCO1. The van der Waals surface area contributed by atoms with Gasteiger partial charge < -0.3 is 9.84 Å². The molecule has 0 bridgehead atoms. The molecule has 94 valence electrons. The fraction of sp³-hybridized carbons (Fsp3) is 0.667. The van der Waals surface area contributed by atoms with Gasteiger partial charge in [-0.1, -0.05) is 0 Å². The van der Waals surface area contributed by atoms with Crippen LogP contribution in [0.4, 0.5) is 0 Å². The number of aliphatic hydroxyl groups excluding tert-OH is 1. The van der Waals surface area contributed by atoms with Gasteiger partial charge in [-0.3, -0.25) is 9.48 Å². The van der Waals surface area contributed by atoms with Crippen molar-refractivity contribution in [3.05, 3.63) is 27.7 Å². The van der Waals surface area contributed by atoms with Gasteiger partial charge in [-0.2, -0.15) is 5.10 Å². The van der Waals surface area contributed by atoms with Crippen LogP contribution < -0.4 is 5.43 Å². The predicted octanol–water partition coefficient (Wildman–Crippen LogP) is 0.613. The molecule has 5 heteroatoms. The van der Waals surface area contributed by atoms with Crippen LogP contribution >= 0.6 is 0 Å². The highest BCUT2D eigenvalue weighted by atomic mass is 16.5. The van der Waals surface area contributed by atoms with Gasteiger partial charge in [0.2, 0.25) is 5.43 Å². The van der Waals surface area contributed by atoms with Crippen LogP contribution in [0.3, 0.4) is 0 Å². The van der Waals surface area contributed by atoms with E-state index >= 15 is 0 Å². The molecule has 1 aliphatic rings. The summed E-state index contributed by atoms with van der Waals surface area (Å²) in [6, 6.07) is 1.52. The van der Waals surface area contributed by atoms with Crippen molar-refractivity contribution < 1.29 is 9.84 Å². The molecule has 5 nitrogen and oxygen atoms in total. The van der Waals surface area contributed by atoms with Crippen LogP contribution in [0.25, 0.3) is 0 Å². The summed E-state index contributed by atoms with van der Waals surface area (Å²) in [5.74, 6) is 0. The Morgan fingerprint density at radius 3 is 3.12 bits per heavy atom. The fourth-order valence-corrected chi connectivity index (χ4v) is 2.10. The molecule has 1 fully saturated rings. The van der Waals surface area contributed by atoms with Crippen LogP contribution in [0, 0.1) is 6.92 Å². The molecule has 1 aromatic heterocycles. The molecule has 0 radical (unpaired) electrons. The average Bonchev–Trinajstić information content (AvgIpc) is 2.81. The Hall–Kier alpha value is -1.20. The van der Waals surface area contributed by atoms with Crippen LogP contribution in [-0.4, -0.2) is 27.6 Å². The van der Waals surface area contributed by atoms with E-state index < -0.39 is 0 Å². The number of nitrogens with zero attached hydrogens (tertiary/aromatic N) is 2. The summed E-state index contributed by atoms with van der Waals surface area (Å²) >= 11 is 0. The predicted molar refractivity (Wildman–Crippen MR) is 62.7 cm³/mol. The van der Waals surface area contributed by atoms with E-state index in [9.17, 15) is 4.79 Å². The fourth-order valence-electron chi connectivity index (χ4n) is 2.10. The lowest BCUT2D eigenvalue weighted by atomic mass is 10.2. The smallest absolute Gasteiger partial charge is 0.206 e. The number of aliphatic hydroxyl groups is 1. The van der Waals surface area contributed by atoms with Gasteiger partial charge in [-0.25, -0.2) is 0 Å². The van der Waals surface area contributed by atoms with Gasteiger partial charge in [0.25, 0.3) is 0 Å². The Labute approximate surface area is 100 Å². The van der Waals surface area contributed by atoms with Crippen molar-refractivity contribution in [2.45, 2.75) is 45.4 Å². The van der Waals surface area contributed by atoms with Crippen LogP contribution in [0.2, 0.25) is 0 Å². The second kappa shape index (κ2) is 5.42. The highest BCUT2D eigenvalue weighted by molar-refractivity contribution is 5.06. The van der Waals surface area contributed by atoms with Crippen molar-refractivity contribution in [1.29, 1.82) is 0 Å². The summed E-state index contributed by atoms with van der Waals surface area (Å²) in [5.41, 5.74) is 0.839. The van der Waals surface area contributed by atoms with Crippen molar-refractivity contribution in [3.8, 4) is 0 Å². The maximum atomic E-state index is 11.4. The first-order valence-electron chi connectivity index (χ1n) is 6.01. The highest BCUT2D eigenvalue weighted by Gasteiger charge is 2.15. The van der Waals surface area contributed by atoms with E-state index in [-0.39, 0.29) is 17.7 Å². The van der Waals surface area contributed by atoms with Gasteiger partial charge in [-0.15, -0.1) is 0 Å². The van der Waals surface area contributed by atoms with E-state index in [1.807, 2.05) is 6.92 Å². The van der Waals surface area contributed by atoms with E-state index in [1.165, 1.54) is 6.07 Å². The lowest BCUT2D eigenvalue weighted by molar-refractivity contribution is 0.0989. The van der Waals surface area contributed by atoms with E-state index in [1.54, 1.807) is 4.68 Å². The number of hydrogen-bond acceptors (Lipinski definition) is 4. The van der Waals surface area contributed by atoms with Gasteiger partial charge >= 0.3 is 0 Å². The molecule has 1 unspecified atom stereocenters. The molecule has 2 rings (SSSR count). The van der Waals surface area contributed by atoms with Crippen molar-refractivity contribution >= 4 is 0 Å². The maximum Gasteiger partial charge on any atom is 0.206 e. The summed E-state index contributed by atoms with van der Waals surface area (Å²) in [4.78, 5) is 11.4. The molecular weight excluding hydrogens is 220 g/mol. The Morgan fingerprint density at radius 1 is 1.65 bits per heavy atom.